The third-order valence-electron chi connectivity index (χ3n) is 4.55. The smallest absolute Gasteiger partial charge is 0.178 e. The van der Waals surface area contributed by atoms with Crippen molar-refractivity contribution in [3.63, 3.8) is 0 Å². The maximum Gasteiger partial charge on any atom is 0.178 e. The largest absolute Gasteiger partial charge is 0.331 e. The number of aromatic nitrogens is 2. The Morgan fingerprint density at radius 2 is 1.86 bits per heavy atom. The second-order valence-electron chi connectivity index (χ2n) is 6.41. The molecule has 0 amide bonds. The van der Waals surface area contributed by atoms with Crippen LogP contribution in [-0.2, 0) is 6.54 Å². The lowest BCUT2D eigenvalue weighted by atomic mass is 9.80. The molecule has 6 heteroatoms. The van der Waals surface area contributed by atoms with Crippen LogP contribution in [0.4, 0.5) is 0 Å². The zero-order valence-corrected chi connectivity index (χ0v) is 14.6. The van der Waals surface area contributed by atoms with E-state index >= 15 is 0 Å². The molecule has 0 bridgehead atoms. The molecule has 114 valence electrons. The number of nitrogens with one attached hydrogen (secondary N) is 1. The second-order valence-corrected chi connectivity index (χ2v) is 7.61. The molecule has 1 fully saturated rings. The van der Waals surface area contributed by atoms with E-state index in [1.54, 1.807) is 0 Å². The van der Waals surface area contributed by atoms with Crippen LogP contribution in [0.15, 0.2) is 12.1 Å². The Labute approximate surface area is 139 Å². The van der Waals surface area contributed by atoms with E-state index in [9.17, 15) is 0 Å². The molecule has 0 saturated carbocycles. The highest BCUT2D eigenvalue weighted by Gasteiger charge is 2.30. The number of piperidine rings is 1. The summed E-state index contributed by atoms with van der Waals surface area (Å²) >= 11 is 17.7. The van der Waals surface area contributed by atoms with Gasteiger partial charge in [-0.15, -0.1) is 0 Å². The molecule has 0 aliphatic carbocycles. The SMILES string of the molecule is CN1CCC(C)(Cn2c(=S)[nH]c3cc(Cl)c(Cl)cc32)CC1. The van der Waals surface area contributed by atoms with Crippen molar-refractivity contribution < 1.29 is 0 Å². The zero-order valence-electron chi connectivity index (χ0n) is 12.2. The molecular formula is C15H19Cl2N3S. The minimum atomic E-state index is 0.270. The molecule has 1 aromatic heterocycles. The number of hydrogen-bond acceptors (Lipinski definition) is 2. The number of rotatable bonds is 2. The second kappa shape index (κ2) is 5.58. The predicted molar refractivity (Wildman–Crippen MR) is 92.0 cm³/mol. The Kier molecular flexibility index (Phi) is 4.08. The maximum absolute atomic E-state index is 6.17. The van der Waals surface area contributed by atoms with Crippen LogP contribution in [0.25, 0.3) is 11.0 Å². The fourth-order valence-corrected chi connectivity index (χ4v) is 3.60. The molecule has 0 radical (unpaired) electrons. The van der Waals surface area contributed by atoms with E-state index < -0.39 is 0 Å². The first-order valence-corrected chi connectivity index (χ1v) is 8.30. The Morgan fingerprint density at radius 1 is 1.24 bits per heavy atom. The molecule has 2 aromatic rings. The minimum Gasteiger partial charge on any atom is -0.331 e. The van der Waals surface area contributed by atoms with Gasteiger partial charge < -0.3 is 14.5 Å². The van der Waals surface area contributed by atoms with E-state index in [-0.39, 0.29) is 5.41 Å². The van der Waals surface area contributed by atoms with E-state index in [0.29, 0.717) is 10.0 Å². The Balaban J connectivity index is 1.99. The summed E-state index contributed by atoms with van der Waals surface area (Å²) < 4.78 is 2.90. The fourth-order valence-electron chi connectivity index (χ4n) is 3.01. The molecule has 1 saturated heterocycles. The number of H-pyrrole nitrogens is 1. The summed E-state index contributed by atoms with van der Waals surface area (Å²) in [5.41, 5.74) is 2.26. The summed E-state index contributed by atoms with van der Waals surface area (Å²) in [6.07, 6.45) is 2.36. The standard InChI is InChI=1S/C15H19Cl2N3S/c1-15(3-5-19(2)6-4-15)9-20-13-8-11(17)10(16)7-12(13)18-14(20)21/h7-8H,3-6,9H2,1-2H3,(H,18,21). The number of hydrogen-bond donors (Lipinski definition) is 1. The van der Waals surface area contributed by atoms with Crippen molar-refractivity contribution in [2.75, 3.05) is 20.1 Å². The lowest BCUT2D eigenvalue weighted by Gasteiger charge is -2.38. The molecule has 1 aromatic carbocycles. The predicted octanol–water partition coefficient (Wildman–Crippen LogP) is 4.74. The molecular weight excluding hydrogens is 325 g/mol. The van der Waals surface area contributed by atoms with Crippen LogP contribution in [0.2, 0.25) is 10.0 Å². The Hall–Kier alpha value is -0.550. The Bertz CT molecular complexity index is 726. The number of likely N-dealkylation sites (tertiary alicyclic amines) is 1. The molecule has 0 spiro atoms. The summed E-state index contributed by atoms with van der Waals surface area (Å²) in [4.78, 5) is 5.62. The van der Waals surface area contributed by atoms with Crippen LogP contribution in [0.3, 0.4) is 0 Å². The molecule has 1 aliphatic rings. The highest BCUT2D eigenvalue weighted by molar-refractivity contribution is 7.71. The van der Waals surface area contributed by atoms with Gasteiger partial charge in [0.2, 0.25) is 0 Å². The van der Waals surface area contributed by atoms with Crippen molar-refractivity contribution >= 4 is 46.5 Å². The third-order valence-corrected chi connectivity index (χ3v) is 5.59. The third kappa shape index (κ3) is 3.00. The maximum atomic E-state index is 6.17. The monoisotopic (exact) mass is 343 g/mol. The van der Waals surface area contributed by atoms with Gasteiger partial charge in [0.1, 0.15) is 0 Å². The number of imidazole rings is 1. The molecule has 1 aliphatic heterocycles. The van der Waals surface area contributed by atoms with E-state index in [0.717, 1.165) is 35.4 Å². The van der Waals surface area contributed by atoms with Gasteiger partial charge >= 0.3 is 0 Å². The number of aromatic amines is 1. The quantitative estimate of drug-likeness (QED) is 0.796. The van der Waals surface area contributed by atoms with Crippen molar-refractivity contribution in [1.29, 1.82) is 0 Å². The first-order chi connectivity index (χ1) is 9.88. The first kappa shape index (κ1) is 15.3. The van der Waals surface area contributed by atoms with E-state index in [1.807, 2.05) is 12.1 Å². The number of benzene rings is 1. The lowest BCUT2D eigenvalue weighted by Crippen LogP contribution is -2.38. The molecule has 21 heavy (non-hydrogen) atoms. The van der Waals surface area contributed by atoms with E-state index in [4.69, 9.17) is 35.4 Å². The van der Waals surface area contributed by atoms with Gasteiger partial charge in [0.05, 0.1) is 21.1 Å². The summed E-state index contributed by atoms with van der Waals surface area (Å²) in [7, 11) is 2.18. The van der Waals surface area contributed by atoms with Crippen LogP contribution in [-0.4, -0.2) is 34.6 Å². The summed E-state index contributed by atoms with van der Waals surface area (Å²) in [5, 5.41) is 1.12. The summed E-state index contributed by atoms with van der Waals surface area (Å²) in [6, 6.07) is 3.76. The topological polar surface area (TPSA) is 24.0 Å². The molecule has 3 rings (SSSR count). The van der Waals surface area contributed by atoms with Gasteiger partial charge in [0, 0.05) is 6.54 Å². The van der Waals surface area contributed by atoms with Crippen molar-refractivity contribution in [2.45, 2.75) is 26.3 Å². The van der Waals surface area contributed by atoms with Crippen LogP contribution in [0.5, 0.6) is 0 Å². The van der Waals surface area contributed by atoms with Crippen LogP contribution in [0, 0.1) is 10.2 Å². The van der Waals surface area contributed by atoms with Gasteiger partial charge in [-0.05, 0) is 62.7 Å². The van der Waals surface area contributed by atoms with Gasteiger partial charge in [-0.2, -0.15) is 0 Å². The van der Waals surface area contributed by atoms with Crippen LogP contribution < -0.4 is 0 Å². The van der Waals surface area contributed by atoms with Crippen molar-refractivity contribution in [1.82, 2.24) is 14.5 Å². The van der Waals surface area contributed by atoms with Crippen LogP contribution >= 0.6 is 35.4 Å². The molecule has 1 N–H and O–H groups in total. The highest BCUT2D eigenvalue weighted by Crippen LogP contribution is 2.34. The van der Waals surface area contributed by atoms with Gasteiger partial charge in [-0.3, -0.25) is 0 Å². The van der Waals surface area contributed by atoms with Gasteiger partial charge in [0.15, 0.2) is 4.77 Å². The number of nitrogens with zero attached hydrogens (tertiary/aromatic N) is 2. The molecule has 0 unspecified atom stereocenters. The minimum absolute atomic E-state index is 0.270. The van der Waals surface area contributed by atoms with Crippen LogP contribution in [0.1, 0.15) is 19.8 Å². The number of halogens is 2. The van der Waals surface area contributed by atoms with Crippen molar-refractivity contribution in [2.24, 2.45) is 5.41 Å². The van der Waals surface area contributed by atoms with E-state index in [1.165, 1.54) is 12.8 Å². The average molecular weight is 344 g/mol. The van der Waals surface area contributed by atoms with E-state index in [2.05, 4.69) is 28.4 Å². The first-order valence-electron chi connectivity index (χ1n) is 7.14. The van der Waals surface area contributed by atoms with Gasteiger partial charge in [-0.25, -0.2) is 0 Å². The fraction of sp³-hybridized carbons (Fsp3) is 0.533. The molecule has 2 heterocycles. The average Bonchev–Trinajstić information content (AvgIpc) is 2.71. The summed E-state index contributed by atoms with van der Waals surface area (Å²) in [5.74, 6) is 0. The van der Waals surface area contributed by atoms with Crippen molar-refractivity contribution in [3.8, 4) is 0 Å². The van der Waals surface area contributed by atoms with Crippen molar-refractivity contribution in [3.05, 3.63) is 26.9 Å². The molecule has 0 atom stereocenters. The number of fused-ring (bicyclic) bond motifs is 1. The van der Waals surface area contributed by atoms with Gasteiger partial charge in [-0.1, -0.05) is 30.1 Å². The summed E-state index contributed by atoms with van der Waals surface area (Å²) in [6.45, 7) is 5.54. The van der Waals surface area contributed by atoms with Gasteiger partial charge in [0.25, 0.3) is 0 Å². The zero-order chi connectivity index (χ0) is 15.2. The Morgan fingerprint density at radius 3 is 2.52 bits per heavy atom. The lowest BCUT2D eigenvalue weighted by molar-refractivity contribution is 0.121. The molecule has 3 nitrogen and oxygen atoms in total. The normalized spacial score (nSPS) is 19.2. The highest BCUT2D eigenvalue weighted by atomic mass is 35.5.